The van der Waals surface area contributed by atoms with E-state index in [2.05, 4.69) is 42.2 Å². The van der Waals surface area contributed by atoms with E-state index >= 15 is 0 Å². The van der Waals surface area contributed by atoms with E-state index in [1.807, 2.05) is 12.4 Å². The summed E-state index contributed by atoms with van der Waals surface area (Å²) in [4.78, 5) is 9.05. The molecule has 1 saturated carbocycles. The van der Waals surface area contributed by atoms with Crippen molar-refractivity contribution < 1.29 is 0 Å². The van der Waals surface area contributed by atoms with Gasteiger partial charge < -0.3 is 0 Å². The van der Waals surface area contributed by atoms with Gasteiger partial charge in [0, 0.05) is 24.5 Å². The third-order valence-corrected chi connectivity index (χ3v) is 5.14. The van der Waals surface area contributed by atoms with Gasteiger partial charge in [0.25, 0.3) is 0 Å². The fourth-order valence-electron chi connectivity index (χ4n) is 3.92. The Kier molecular flexibility index (Phi) is 3.53. The molecule has 1 aliphatic carbocycles. The summed E-state index contributed by atoms with van der Waals surface area (Å²) in [6, 6.07) is 10.8. The molecule has 22 heavy (non-hydrogen) atoms. The Morgan fingerprint density at radius 2 is 1.86 bits per heavy atom. The largest absolute Gasteiger partial charge is 0.265 e. The smallest absolute Gasteiger partial charge is 0.0665 e. The molecule has 0 spiro atoms. The van der Waals surface area contributed by atoms with Crippen LogP contribution in [0.3, 0.4) is 0 Å². The van der Waals surface area contributed by atoms with E-state index in [0.717, 1.165) is 12.3 Å². The highest BCUT2D eigenvalue weighted by atomic mass is 14.8. The van der Waals surface area contributed by atoms with Crippen LogP contribution in [-0.2, 0) is 6.42 Å². The standard InChI is InChI=1S/C20H22N2/c1-14-3-2-4-17(11-14)20-13-18-12-16(5-6-19(18)22-20)15-7-9-21-10-8-15/h5-10,12,14,17H,2-4,11,13H2,1H3. The first-order valence-electron chi connectivity index (χ1n) is 8.40. The van der Waals surface area contributed by atoms with Gasteiger partial charge in [-0.15, -0.1) is 0 Å². The molecular weight excluding hydrogens is 268 g/mol. The van der Waals surface area contributed by atoms with Crippen LogP contribution in [0.2, 0.25) is 0 Å². The molecule has 0 saturated heterocycles. The third-order valence-electron chi connectivity index (χ3n) is 5.14. The number of fused-ring (bicyclic) bond motifs is 1. The molecule has 4 rings (SSSR count). The number of rotatable bonds is 2. The molecule has 1 aliphatic heterocycles. The predicted octanol–water partition coefficient (Wildman–Crippen LogP) is 5.20. The summed E-state index contributed by atoms with van der Waals surface area (Å²) in [5.41, 5.74) is 6.51. The van der Waals surface area contributed by atoms with Gasteiger partial charge in [-0.2, -0.15) is 0 Å². The molecule has 2 nitrogen and oxygen atoms in total. The first-order valence-corrected chi connectivity index (χ1v) is 8.40. The normalized spacial score (nSPS) is 24.0. The Bertz CT molecular complexity index is 703. The molecule has 0 bridgehead atoms. The number of aromatic nitrogens is 1. The summed E-state index contributed by atoms with van der Waals surface area (Å²) >= 11 is 0. The minimum absolute atomic E-state index is 0.709. The molecule has 1 fully saturated rings. The van der Waals surface area contributed by atoms with Gasteiger partial charge in [0.15, 0.2) is 0 Å². The molecule has 0 radical (unpaired) electrons. The Labute approximate surface area is 132 Å². The maximum Gasteiger partial charge on any atom is 0.0665 e. The molecule has 2 aromatic rings. The summed E-state index contributed by atoms with van der Waals surface area (Å²) in [7, 11) is 0. The molecule has 112 valence electrons. The Balaban J connectivity index is 1.57. The Morgan fingerprint density at radius 3 is 2.68 bits per heavy atom. The highest BCUT2D eigenvalue weighted by Crippen LogP contribution is 2.37. The maximum atomic E-state index is 4.95. The van der Waals surface area contributed by atoms with Gasteiger partial charge in [-0.25, -0.2) is 0 Å². The Morgan fingerprint density at radius 1 is 1.00 bits per heavy atom. The van der Waals surface area contributed by atoms with Crippen molar-refractivity contribution in [2.45, 2.75) is 39.0 Å². The minimum Gasteiger partial charge on any atom is -0.265 e. The van der Waals surface area contributed by atoms with E-state index in [-0.39, 0.29) is 0 Å². The van der Waals surface area contributed by atoms with Crippen LogP contribution in [0.1, 0.15) is 38.2 Å². The molecule has 2 aliphatic rings. The lowest BCUT2D eigenvalue weighted by atomic mass is 9.79. The second-order valence-corrected chi connectivity index (χ2v) is 6.83. The van der Waals surface area contributed by atoms with Crippen molar-refractivity contribution in [1.29, 1.82) is 0 Å². The Hall–Kier alpha value is -1.96. The lowest BCUT2D eigenvalue weighted by Gasteiger charge is -2.26. The van der Waals surface area contributed by atoms with Crippen molar-refractivity contribution >= 4 is 11.4 Å². The van der Waals surface area contributed by atoms with Gasteiger partial charge >= 0.3 is 0 Å². The summed E-state index contributed by atoms with van der Waals surface area (Å²) in [6.07, 6.45) is 10.2. The first-order chi connectivity index (χ1) is 10.8. The molecular formula is C20H22N2. The van der Waals surface area contributed by atoms with E-state index in [0.29, 0.717) is 5.92 Å². The maximum absolute atomic E-state index is 4.95. The van der Waals surface area contributed by atoms with Gasteiger partial charge in [0.1, 0.15) is 0 Å². The van der Waals surface area contributed by atoms with E-state index in [1.54, 1.807) is 0 Å². The van der Waals surface area contributed by atoms with Crippen molar-refractivity contribution in [3.8, 4) is 11.1 Å². The predicted molar refractivity (Wildman–Crippen MR) is 91.6 cm³/mol. The topological polar surface area (TPSA) is 25.2 Å². The molecule has 0 amide bonds. The summed E-state index contributed by atoms with van der Waals surface area (Å²) in [5.74, 6) is 1.57. The number of benzene rings is 1. The zero-order valence-electron chi connectivity index (χ0n) is 13.1. The zero-order valence-corrected chi connectivity index (χ0v) is 13.1. The van der Waals surface area contributed by atoms with E-state index < -0.39 is 0 Å². The zero-order chi connectivity index (χ0) is 14.9. The van der Waals surface area contributed by atoms with E-state index in [9.17, 15) is 0 Å². The number of hydrogen-bond acceptors (Lipinski definition) is 2. The lowest BCUT2D eigenvalue weighted by molar-refractivity contribution is 0.338. The number of hydrogen-bond donors (Lipinski definition) is 0. The SMILES string of the molecule is CC1CCCC(C2=Nc3ccc(-c4ccncc4)cc3C2)C1. The van der Waals surface area contributed by atoms with Crippen LogP contribution < -0.4 is 0 Å². The fourth-order valence-corrected chi connectivity index (χ4v) is 3.92. The molecule has 2 heterocycles. The van der Waals surface area contributed by atoms with Crippen LogP contribution in [0.25, 0.3) is 11.1 Å². The molecule has 2 heteroatoms. The minimum atomic E-state index is 0.709. The van der Waals surface area contributed by atoms with E-state index in [1.165, 1.54) is 53.8 Å². The average molecular weight is 290 g/mol. The highest BCUT2D eigenvalue weighted by molar-refractivity contribution is 5.96. The van der Waals surface area contributed by atoms with Crippen molar-refractivity contribution in [2.75, 3.05) is 0 Å². The second kappa shape index (κ2) is 5.68. The number of nitrogens with zero attached hydrogens (tertiary/aromatic N) is 2. The van der Waals surface area contributed by atoms with Crippen LogP contribution in [0, 0.1) is 11.8 Å². The lowest BCUT2D eigenvalue weighted by Crippen LogP contribution is -2.21. The monoisotopic (exact) mass is 290 g/mol. The second-order valence-electron chi connectivity index (χ2n) is 6.83. The van der Waals surface area contributed by atoms with Crippen LogP contribution >= 0.6 is 0 Å². The van der Waals surface area contributed by atoms with Crippen molar-refractivity contribution in [3.63, 3.8) is 0 Å². The van der Waals surface area contributed by atoms with Crippen molar-refractivity contribution in [3.05, 3.63) is 48.3 Å². The fraction of sp³-hybridized carbons (Fsp3) is 0.400. The highest BCUT2D eigenvalue weighted by Gasteiger charge is 2.27. The van der Waals surface area contributed by atoms with Crippen molar-refractivity contribution in [2.24, 2.45) is 16.8 Å². The van der Waals surface area contributed by atoms with Gasteiger partial charge in [0.2, 0.25) is 0 Å². The molecule has 2 atom stereocenters. The molecule has 1 aromatic carbocycles. The molecule has 2 unspecified atom stereocenters. The first kappa shape index (κ1) is 13.7. The van der Waals surface area contributed by atoms with Crippen LogP contribution in [0.15, 0.2) is 47.7 Å². The van der Waals surface area contributed by atoms with Crippen molar-refractivity contribution in [1.82, 2.24) is 4.98 Å². The van der Waals surface area contributed by atoms with Gasteiger partial charge in [0.05, 0.1) is 5.69 Å². The third kappa shape index (κ3) is 2.58. The number of pyridine rings is 1. The van der Waals surface area contributed by atoms with Gasteiger partial charge in [-0.05, 0) is 65.6 Å². The summed E-state index contributed by atoms with van der Waals surface area (Å²) in [6.45, 7) is 2.39. The van der Waals surface area contributed by atoms with Crippen LogP contribution in [0.5, 0.6) is 0 Å². The number of aliphatic imine (C=N–C) groups is 1. The van der Waals surface area contributed by atoms with E-state index in [4.69, 9.17) is 4.99 Å². The molecule has 0 N–H and O–H groups in total. The van der Waals surface area contributed by atoms with Crippen LogP contribution in [-0.4, -0.2) is 10.7 Å². The quantitative estimate of drug-likeness (QED) is 0.746. The van der Waals surface area contributed by atoms with Gasteiger partial charge in [-0.3, -0.25) is 9.98 Å². The van der Waals surface area contributed by atoms with Crippen LogP contribution in [0.4, 0.5) is 5.69 Å². The average Bonchev–Trinajstić information content (AvgIpc) is 2.99. The van der Waals surface area contributed by atoms with Gasteiger partial charge in [-0.1, -0.05) is 25.8 Å². The summed E-state index contributed by atoms with van der Waals surface area (Å²) in [5, 5.41) is 0. The molecule has 1 aromatic heterocycles. The summed E-state index contributed by atoms with van der Waals surface area (Å²) < 4.78 is 0.